The molecule has 0 saturated heterocycles. The lowest BCUT2D eigenvalue weighted by Gasteiger charge is -2.22. The second-order valence-corrected chi connectivity index (χ2v) is 7.88. The molecule has 1 heterocycles. The van der Waals surface area contributed by atoms with E-state index in [1.165, 1.54) is 17.0 Å². The Kier molecular flexibility index (Phi) is 6.77. The number of alkyl halides is 3. The number of carbonyl (C=O) groups is 1. The fourth-order valence-electron chi connectivity index (χ4n) is 3.44. The molecular formula is C23H24F3N3O2. The molecule has 0 aliphatic rings. The van der Waals surface area contributed by atoms with Crippen molar-refractivity contribution in [2.45, 2.75) is 45.5 Å². The molecule has 1 aromatic heterocycles. The number of aryl methyl sites for hydroxylation is 1. The van der Waals surface area contributed by atoms with Crippen LogP contribution in [0.1, 0.15) is 43.9 Å². The summed E-state index contributed by atoms with van der Waals surface area (Å²) < 4.78 is 40.6. The third-order valence-electron chi connectivity index (χ3n) is 4.97. The van der Waals surface area contributed by atoms with Gasteiger partial charge in [-0.3, -0.25) is 14.2 Å². The van der Waals surface area contributed by atoms with Crippen molar-refractivity contribution in [3.63, 3.8) is 0 Å². The lowest BCUT2D eigenvalue weighted by Crippen LogP contribution is -2.31. The molecule has 0 fully saturated rings. The number of para-hydroxylation sites is 1. The zero-order valence-electron chi connectivity index (χ0n) is 17.3. The van der Waals surface area contributed by atoms with Gasteiger partial charge in [0.2, 0.25) is 5.91 Å². The van der Waals surface area contributed by atoms with Crippen molar-refractivity contribution in [3.8, 4) is 0 Å². The highest BCUT2D eigenvalue weighted by molar-refractivity contribution is 5.77. The van der Waals surface area contributed by atoms with E-state index in [0.717, 1.165) is 12.1 Å². The molecule has 3 rings (SSSR count). The number of halogens is 3. The first-order valence-electron chi connectivity index (χ1n) is 10.1. The molecule has 0 radical (unpaired) electrons. The number of fused-ring (bicyclic) bond motifs is 1. The topological polar surface area (TPSA) is 64.0 Å². The molecule has 0 bridgehead atoms. The summed E-state index contributed by atoms with van der Waals surface area (Å²) in [6, 6.07) is 11.4. The second kappa shape index (κ2) is 9.32. The summed E-state index contributed by atoms with van der Waals surface area (Å²) >= 11 is 0. The van der Waals surface area contributed by atoms with Crippen molar-refractivity contribution >= 4 is 16.8 Å². The maximum absolute atomic E-state index is 13.1. The molecule has 0 aliphatic carbocycles. The molecule has 8 heteroatoms. The normalized spacial score (nSPS) is 12.8. The third-order valence-corrected chi connectivity index (χ3v) is 4.97. The van der Waals surface area contributed by atoms with Crippen LogP contribution < -0.4 is 10.9 Å². The van der Waals surface area contributed by atoms with Crippen LogP contribution in [0.4, 0.5) is 13.2 Å². The Balaban J connectivity index is 1.73. The maximum Gasteiger partial charge on any atom is 0.416 e. The maximum atomic E-state index is 13.1. The Bertz CT molecular complexity index is 1120. The number of carbonyl (C=O) groups excluding carboxylic acids is 1. The van der Waals surface area contributed by atoms with Gasteiger partial charge in [-0.25, -0.2) is 4.98 Å². The van der Waals surface area contributed by atoms with E-state index in [0.29, 0.717) is 22.9 Å². The molecule has 1 atom stereocenters. The standard InChI is InChI=1S/C23H24F3N3O2/c1-15(2)12-20(16-6-5-7-17(13-16)23(24,25)26)28-21(30)10-11-29-14-27-19-9-4-3-8-18(19)22(29)31/h3-9,13-15,20H,10-12H2,1-2H3,(H,28,30). The molecule has 2 aromatic carbocycles. The Morgan fingerprint density at radius 2 is 1.87 bits per heavy atom. The molecule has 1 N–H and O–H groups in total. The predicted molar refractivity (Wildman–Crippen MR) is 112 cm³/mol. The average Bonchev–Trinajstić information content (AvgIpc) is 2.72. The number of nitrogens with zero attached hydrogens (tertiary/aromatic N) is 2. The number of nitrogens with one attached hydrogen (secondary N) is 1. The number of rotatable bonds is 7. The van der Waals surface area contributed by atoms with Crippen molar-refractivity contribution in [3.05, 3.63) is 76.3 Å². The van der Waals surface area contributed by atoms with Crippen molar-refractivity contribution in [1.29, 1.82) is 0 Å². The van der Waals surface area contributed by atoms with Crippen LogP contribution in [0.2, 0.25) is 0 Å². The van der Waals surface area contributed by atoms with Gasteiger partial charge in [0.1, 0.15) is 0 Å². The van der Waals surface area contributed by atoms with Gasteiger partial charge in [-0.05, 0) is 42.2 Å². The highest BCUT2D eigenvalue weighted by Gasteiger charge is 2.31. The number of hydrogen-bond donors (Lipinski definition) is 1. The quantitative estimate of drug-likeness (QED) is 0.589. The zero-order valence-corrected chi connectivity index (χ0v) is 17.3. The van der Waals surface area contributed by atoms with Crippen molar-refractivity contribution in [1.82, 2.24) is 14.9 Å². The predicted octanol–water partition coefficient (Wildman–Crippen LogP) is 4.71. The van der Waals surface area contributed by atoms with Gasteiger partial charge in [0, 0.05) is 13.0 Å². The van der Waals surface area contributed by atoms with E-state index in [9.17, 15) is 22.8 Å². The average molecular weight is 431 g/mol. The number of amides is 1. The van der Waals surface area contributed by atoms with Crippen LogP contribution in [-0.4, -0.2) is 15.5 Å². The highest BCUT2D eigenvalue weighted by atomic mass is 19.4. The summed E-state index contributed by atoms with van der Waals surface area (Å²) in [5.41, 5.74) is -0.00652. The molecule has 3 aromatic rings. The van der Waals surface area contributed by atoms with Crippen LogP contribution in [0, 0.1) is 5.92 Å². The minimum atomic E-state index is -4.45. The Labute approximate surface area is 177 Å². The first-order chi connectivity index (χ1) is 14.6. The van der Waals surface area contributed by atoms with Gasteiger partial charge in [0.25, 0.3) is 5.56 Å². The Morgan fingerprint density at radius 1 is 1.13 bits per heavy atom. The first kappa shape index (κ1) is 22.5. The number of hydrogen-bond acceptors (Lipinski definition) is 3. The fraction of sp³-hybridized carbons (Fsp3) is 0.348. The van der Waals surface area contributed by atoms with Gasteiger partial charge in [0.05, 0.1) is 28.8 Å². The molecule has 1 unspecified atom stereocenters. The minimum Gasteiger partial charge on any atom is -0.349 e. The number of benzene rings is 2. The zero-order chi connectivity index (χ0) is 22.6. The fourth-order valence-corrected chi connectivity index (χ4v) is 3.44. The smallest absolute Gasteiger partial charge is 0.349 e. The molecule has 5 nitrogen and oxygen atoms in total. The molecule has 31 heavy (non-hydrogen) atoms. The van der Waals surface area contributed by atoms with Crippen LogP contribution in [0.3, 0.4) is 0 Å². The van der Waals surface area contributed by atoms with Crippen molar-refractivity contribution in [2.24, 2.45) is 5.92 Å². The van der Waals surface area contributed by atoms with Crippen LogP contribution in [0.15, 0.2) is 59.7 Å². The van der Waals surface area contributed by atoms with Crippen LogP contribution in [0.25, 0.3) is 10.9 Å². The van der Waals surface area contributed by atoms with Crippen molar-refractivity contribution in [2.75, 3.05) is 0 Å². The van der Waals surface area contributed by atoms with E-state index in [2.05, 4.69) is 10.3 Å². The summed E-state index contributed by atoms with van der Waals surface area (Å²) in [5, 5.41) is 3.29. The molecule has 0 aliphatic heterocycles. The summed E-state index contributed by atoms with van der Waals surface area (Å²) in [4.78, 5) is 29.3. The Hall–Kier alpha value is -3.16. The summed E-state index contributed by atoms with van der Waals surface area (Å²) in [5.74, 6) is -0.185. The lowest BCUT2D eigenvalue weighted by atomic mass is 9.95. The number of aromatic nitrogens is 2. The van der Waals surface area contributed by atoms with Gasteiger partial charge < -0.3 is 5.32 Å². The molecular weight excluding hydrogens is 407 g/mol. The van der Waals surface area contributed by atoms with E-state index in [1.807, 2.05) is 13.8 Å². The largest absolute Gasteiger partial charge is 0.416 e. The minimum absolute atomic E-state index is 0.00742. The first-order valence-corrected chi connectivity index (χ1v) is 10.1. The lowest BCUT2D eigenvalue weighted by molar-refractivity contribution is -0.137. The van der Waals surface area contributed by atoms with Crippen LogP contribution >= 0.6 is 0 Å². The van der Waals surface area contributed by atoms with Crippen molar-refractivity contribution < 1.29 is 18.0 Å². The molecule has 1 amide bonds. The third kappa shape index (κ3) is 5.71. The van der Waals surface area contributed by atoms with Gasteiger partial charge in [-0.1, -0.05) is 38.1 Å². The monoisotopic (exact) mass is 431 g/mol. The molecule has 0 saturated carbocycles. The summed E-state index contributed by atoms with van der Waals surface area (Å²) in [6.45, 7) is 4.00. The van der Waals surface area contributed by atoms with E-state index in [4.69, 9.17) is 0 Å². The molecule has 0 spiro atoms. The van der Waals surface area contributed by atoms with Gasteiger partial charge in [-0.2, -0.15) is 13.2 Å². The van der Waals surface area contributed by atoms with E-state index in [-0.39, 0.29) is 30.3 Å². The van der Waals surface area contributed by atoms with Gasteiger partial charge in [0.15, 0.2) is 0 Å². The summed E-state index contributed by atoms with van der Waals surface area (Å²) in [7, 11) is 0. The van der Waals surface area contributed by atoms with Gasteiger partial charge in [-0.15, -0.1) is 0 Å². The summed E-state index contributed by atoms with van der Waals surface area (Å²) in [6.07, 6.45) is -2.55. The Morgan fingerprint density at radius 3 is 2.58 bits per heavy atom. The van der Waals surface area contributed by atoms with Crippen LogP contribution in [-0.2, 0) is 17.5 Å². The van der Waals surface area contributed by atoms with Gasteiger partial charge >= 0.3 is 6.18 Å². The van der Waals surface area contributed by atoms with E-state index in [1.54, 1.807) is 30.3 Å². The van der Waals surface area contributed by atoms with E-state index < -0.39 is 17.8 Å². The molecule has 164 valence electrons. The highest BCUT2D eigenvalue weighted by Crippen LogP contribution is 2.32. The van der Waals surface area contributed by atoms with E-state index >= 15 is 0 Å². The second-order valence-electron chi connectivity index (χ2n) is 7.88. The SMILES string of the molecule is CC(C)CC(NC(=O)CCn1cnc2ccccc2c1=O)c1cccc(C(F)(F)F)c1. The van der Waals surface area contributed by atoms with Crippen LogP contribution in [0.5, 0.6) is 0 Å².